The number of rotatable bonds is 4. The summed E-state index contributed by atoms with van der Waals surface area (Å²) in [5, 5.41) is 0. The SMILES string of the molecule is COC/C(=C/CCl)C(C)C. The first kappa shape index (κ1) is 9.99. The van der Waals surface area contributed by atoms with Crippen molar-refractivity contribution < 1.29 is 4.74 Å². The fraction of sp³-hybridized carbons (Fsp3) is 0.750. The highest BCUT2D eigenvalue weighted by Crippen LogP contribution is 2.09. The first-order valence-corrected chi connectivity index (χ1v) is 3.99. The Kier molecular flexibility index (Phi) is 5.74. The normalized spacial score (nSPS) is 12.7. The van der Waals surface area contributed by atoms with E-state index in [0.717, 1.165) is 0 Å². The molecule has 0 saturated heterocycles. The van der Waals surface area contributed by atoms with Gasteiger partial charge >= 0.3 is 0 Å². The van der Waals surface area contributed by atoms with E-state index in [1.165, 1.54) is 5.57 Å². The van der Waals surface area contributed by atoms with Crippen LogP contribution in [0.1, 0.15) is 13.8 Å². The third-order valence-electron chi connectivity index (χ3n) is 1.39. The van der Waals surface area contributed by atoms with E-state index in [2.05, 4.69) is 13.8 Å². The van der Waals surface area contributed by atoms with E-state index in [1.807, 2.05) is 6.08 Å². The summed E-state index contributed by atoms with van der Waals surface area (Å²) in [6.45, 7) is 4.97. The van der Waals surface area contributed by atoms with Gasteiger partial charge < -0.3 is 4.74 Å². The maximum atomic E-state index is 5.54. The van der Waals surface area contributed by atoms with E-state index in [4.69, 9.17) is 16.3 Å². The van der Waals surface area contributed by atoms with E-state index < -0.39 is 0 Å². The van der Waals surface area contributed by atoms with Gasteiger partial charge in [0.25, 0.3) is 0 Å². The first-order valence-electron chi connectivity index (χ1n) is 3.46. The van der Waals surface area contributed by atoms with Crippen molar-refractivity contribution in [2.24, 2.45) is 5.92 Å². The van der Waals surface area contributed by atoms with Crippen LogP contribution in [0.5, 0.6) is 0 Å². The first-order chi connectivity index (χ1) is 4.72. The molecule has 0 aliphatic heterocycles. The molecule has 2 heteroatoms. The van der Waals surface area contributed by atoms with Gasteiger partial charge in [0, 0.05) is 13.0 Å². The zero-order chi connectivity index (χ0) is 7.98. The molecule has 0 aliphatic carbocycles. The minimum Gasteiger partial charge on any atom is -0.380 e. The molecule has 0 aromatic rings. The van der Waals surface area contributed by atoms with Crippen LogP contribution in [0.2, 0.25) is 0 Å². The number of hydrogen-bond acceptors (Lipinski definition) is 1. The smallest absolute Gasteiger partial charge is 0.0675 e. The summed E-state index contributed by atoms with van der Waals surface area (Å²) in [7, 11) is 1.70. The van der Waals surface area contributed by atoms with Gasteiger partial charge in [0.05, 0.1) is 6.61 Å². The zero-order valence-electron chi connectivity index (χ0n) is 6.86. The molecule has 0 aromatic heterocycles. The lowest BCUT2D eigenvalue weighted by molar-refractivity contribution is 0.218. The predicted molar refractivity (Wildman–Crippen MR) is 45.5 cm³/mol. The third kappa shape index (κ3) is 3.91. The van der Waals surface area contributed by atoms with Gasteiger partial charge in [-0.2, -0.15) is 0 Å². The monoisotopic (exact) mass is 162 g/mol. The minimum atomic E-state index is 0.540. The van der Waals surface area contributed by atoms with Gasteiger partial charge in [0.1, 0.15) is 0 Å². The van der Waals surface area contributed by atoms with Crippen LogP contribution in [0.3, 0.4) is 0 Å². The van der Waals surface area contributed by atoms with Gasteiger partial charge in [-0.25, -0.2) is 0 Å². The van der Waals surface area contributed by atoms with E-state index in [-0.39, 0.29) is 0 Å². The molecule has 0 heterocycles. The van der Waals surface area contributed by atoms with Crippen LogP contribution in [0.15, 0.2) is 11.6 Å². The summed E-state index contributed by atoms with van der Waals surface area (Å²) >= 11 is 5.54. The van der Waals surface area contributed by atoms with Gasteiger partial charge in [-0.3, -0.25) is 0 Å². The fourth-order valence-electron chi connectivity index (χ4n) is 0.727. The lowest BCUT2D eigenvalue weighted by Crippen LogP contribution is -2.01. The van der Waals surface area contributed by atoms with E-state index in [9.17, 15) is 0 Å². The summed E-state index contributed by atoms with van der Waals surface area (Å²) in [5.74, 6) is 1.12. The van der Waals surface area contributed by atoms with Crippen LogP contribution in [0, 0.1) is 5.92 Å². The van der Waals surface area contributed by atoms with Crippen molar-refractivity contribution in [1.29, 1.82) is 0 Å². The fourth-order valence-corrected chi connectivity index (χ4v) is 0.925. The Morgan fingerprint density at radius 1 is 1.60 bits per heavy atom. The van der Waals surface area contributed by atoms with Crippen molar-refractivity contribution in [1.82, 2.24) is 0 Å². The Balaban J connectivity index is 3.85. The second-order valence-electron chi connectivity index (χ2n) is 2.52. The van der Waals surface area contributed by atoms with E-state index in [0.29, 0.717) is 18.4 Å². The molecule has 1 nitrogen and oxygen atoms in total. The number of allylic oxidation sites excluding steroid dienone is 1. The molecule has 0 spiro atoms. The number of hydrogen-bond donors (Lipinski definition) is 0. The second kappa shape index (κ2) is 5.75. The highest BCUT2D eigenvalue weighted by atomic mass is 35.5. The summed E-state index contributed by atoms with van der Waals surface area (Å²) in [6, 6.07) is 0. The Morgan fingerprint density at radius 2 is 2.20 bits per heavy atom. The van der Waals surface area contributed by atoms with Crippen LogP contribution in [-0.4, -0.2) is 19.6 Å². The van der Waals surface area contributed by atoms with Crippen LogP contribution >= 0.6 is 11.6 Å². The number of halogens is 1. The van der Waals surface area contributed by atoms with Crippen molar-refractivity contribution in [3.8, 4) is 0 Å². The molecule has 0 aromatic carbocycles. The average molecular weight is 163 g/mol. The zero-order valence-corrected chi connectivity index (χ0v) is 7.61. The molecule has 0 N–H and O–H groups in total. The lowest BCUT2D eigenvalue weighted by Gasteiger charge is -2.08. The van der Waals surface area contributed by atoms with Gasteiger partial charge in [-0.15, -0.1) is 11.6 Å². The molecule has 0 unspecified atom stereocenters. The average Bonchev–Trinajstić information content (AvgIpc) is 1.87. The minimum absolute atomic E-state index is 0.540. The largest absolute Gasteiger partial charge is 0.380 e. The van der Waals surface area contributed by atoms with E-state index >= 15 is 0 Å². The van der Waals surface area contributed by atoms with Crippen molar-refractivity contribution in [3.05, 3.63) is 11.6 Å². The Hall–Kier alpha value is -0.0100. The van der Waals surface area contributed by atoms with E-state index in [1.54, 1.807) is 7.11 Å². The molecular weight excluding hydrogens is 148 g/mol. The highest BCUT2D eigenvalue weighted by Gasteiger charge is 2.00. The Morgan fingerprint density at radius 3 is 2.50 bits per heavy atom. The molecular formula is C8H15ClO. The molecule has 0 radical (unpaired) electrons. The molecule has 60 valence electrons. The van der Waals surface area contributed by atoms with Crippen LogP contribution < -0.4 is 0 Å². The van der Waals surface area contributed by atoms with Crippen LogP contribution in [0.4, 0.5) is 0 Å². The van der Waals surface area contributed by atoms with Gasteiger partial charge in [-0.1, -0.05) is 19.9 Å². The number of methoxy groups -OCH3 is 1. The Bertz CT molecular complexity index is 108. The molecule has 0 saturated carbocycles. The molecule has 0 amide bonds. The number of ether oxygens (including phenoxy) is 1. The molecule has 0 fully saturated rings. The Labute approximate surface area is 68.0 Å². The maximum Gasteiger partial charge on any atom is 0.0675 e. The summed E-state index contributed by atoms with van der Waals surface area (Å²) in [4.78, 5) is 0. The number of alkyl halides is 1. The van der Waals surface area contributed by atoms with Crippen molar-refractivity contribution in [2.75, 3.05) is 19.6 Å². The van der Waals surface area contributed by atoms with Crippen LogP contribution in [0.25, 0.3) is 0 Å². The third-order valence-corrected chi connectivity index (χ3v) is 1.55. The molecule has 0 atom stereocenters. The standard InChI is InChI=1S/C8H15ClO/c1-7(2)8(4-5-9)6-10-3/h4,7H,5-6H2,1-3H3/b8-4-. The molecule has 0 bridgehead atoms. The molecule has 10 heavy (non-hydrogen) atoms. The summed E-state index contributed by atoms with van der Waals surface area (Å²) in [6.07, 6.45) is 2.01. The van der Waals surface area contributed by atoms with Gasteiger partial charge in [0.15, 0.2) is 0 Å². The van der Waals surface area contributed by atoms with Crippen LogP contribution in [-0.2, 0) is 4.74 Å². The highest BCUT2D eigenvalue weighted by molar-refractivity contribution is 6.18. The predicted octanol–water partition coefficient (Wildman–Crippen LogP) is 2.45. The van der Waals surface area contributed by atoms with Gasteiger partial charge in [-0.05, 0) is 11.5 Å². The maximum absolute atomic E-state index is 5.54. The summed E-state index contributed by atoms with van der Waals surface area (Å²) in [5.41, 5.74) is 1.28. The van der Waals surface area contributed by atoms with Crippen molar-refractivity contribution in [3.63, 3.8) is 0 Å². The van der Waals surface area contributed by atoms with Crippen molar-refractivity contribution in [2.45, 2.75) is 13.8 Å². The lowest BCUT2D eigenvalue weighted by atomic mass is 10.0. The molecule has 0 rings (SSSR count). The summed E-state index contributed by atoms with van der Waals surface area (Å²) < 4.78 is 4.99. The van der Waals surface area contributed by atoms with Gasteiger partial charge in [0.2, 0.25) is 0 Å². The second-order valence-corrected chi connectivity index (χ2v) is 2.83. The van der Waals surface area contributed by atoms with Crippen molar-refractivity contribution >= 4 is 11.6 Å². The topological polar surface area (TPSA) is 9.23 Å². The molecule has 0 aliphatic rings. The quantitative estimate of drug-likeness (QED) is 0.456.